The van der Waals surface area contributed by atoms with E-state index in [1.165, 1.54) is 7.11 Å². The highest BCUT2D eigenvalue weighted by Crippen LogP contribution is 2.47. The highest BCUT2D eigenvalue weighted by atomic mass is 16.6. The van der Waals surface area contributed by atoms with Gasteiger partial charge in [0.05, 0.1) is 12.7 Å². The minimum Gasteiger partial charge on any atom is -0.489 e. The van der Waals surface area contributed by atoms with E-state index >= 15 is 0 Å². The fourth-order valence-corrected chi connectivity index (χ4v) is 3.10. The lowest BCUT2D eigenvalue weighted by Gasteiger charge is -2.23. The van der Waals surface area contributed by atoms with E-state index in [0.717, 1.165) is 16.9 Å². The van der Waals surface area contributed by atoms with Crippen molar-refractivity contribution in [1.82, 2.24) is 0 Å². The van der Waals surface area contributed by atoms with Gasteiger partial charge < -0.3 is 14.2 Å². The molecular formula is C19H16O4. The van der Waals surface area contributed by atoms with Crippen molar-refractivity contribution in [1.29, 1.82) is 0 Å². The minimum absolute atomic E-state index is 0.118. The number of benzene rings is 2. The maximum Gasteiger partial charge on any atom is 0.337 e. The van der Waals surface area contributed by atoms with E-state index in [4.69, 9.17) is 14.2 Å². The lowest BCUT2D eigenvalue weighted by Crippen LogP contribution is -2.26. The summed E-state index contributed by atoms with van der Waals surface area (Å²) in [4.78, 5) is 11.8. The molecule has 0 saturated carbocycles. The van der Waals surface area contributed by atoms with Gasteiger partial charge in [0.15, 0.2) is 0 Å². The van der Waals surface area contributed by atoms with Crippen LogP contribution in [0.5, 0.6) is 5.75 Å². The second kappa shape index (κ2) is 5.25. The van der Waals surface area contributed by atoms with Gasteiger partial charge >= 0.3 is 5.97 Å². The molecule has 1 spiro atoms. The van der Waals surface area contributed by atoms with E-state index in [-0.39, 0.29) is 12.1 Å². The Morgan fingerprint density at radius 3 is 2.83 bits per heavy atom. The standard InChI is InChI=1S/C19H16O4/c1-21-18(20)14-7-8-17-15(11-14)19(12-22-17)10-9-16(23-19)13-5-3-2-4-6-13/h2-11,16H,12H2,1H3/t16-,19+/m1/s1. The Kier molecular flexibility index (Phi) is 3.20. The Morgan fingerprint density at radius 1 is 1.22 bits per heavy atom. The zero-order valence-corrected chi connectivity index (χ0v) is 12.7. The molecule has 4 heteroatoms. The zero-order chi connectivity index (χ0) is 15.9. The highest BCUT2D eigenvalue weighted by molar-refractivity contribution is 5.90. The Hall–Kier alpha value is -2.59. The summed E-state index contributed by atoms with van der Waals surface area (Å²) in [7, 11) is 1.37. The van der Waals surface area contributed by atoms with Crippen LogP contribution in [0.1, 0.15) is 27.6 Å². The van der Waals surface area contributed by atoms with Crippen molar-refractivity contribution in [3.63, 3.8) is 0 Å². The molecule has 116 valence electrons. The van der Waals surface area contributed by atoms with Crippen LogP contribution in [0.2, 0.25) is 0 Å². The average Bonchev–Trinajstić information content (AvgIpc) is 3.20. The maximum absolute atomic E-state index is 11.8. The normalized spacial score (nSPS) is 24.5. The first-order chi connectivity index (χ1) is 11.2. The van der Waals surface area contributed by atoms with Gasteiger partial charge in [-0.3, -0.25) is 0 Å². The summed E-state index contributed by atoms with van der Waals surface area (Å²) in [5.74, 6) is 0.382. The lowest BCUT2D eigenvalue weighted by atomic mass is 9.95. The van der Waals surface area contributed by atoms with Gasteiger partial charge in [-0.2, -0.15) is 0 Å². The molecule has 2 heterocycles. The van der Waals surface area contributed by atoms with Crippen molar-refractivity contribution in [3.8, 4) is 5.75 Å². The molecule has 0 aromatic heterocycles. The van der Waals surface area contributed by atoms with Crippen molar-refractivity contribution < 1.29 is 19.0 Å². The van der Waals surface area contributed by atoms with E-state index in [9.17, 15) is 4.79 Å². The van der Waals surface area contributed by atoms with Crippen LogP contribution in [-0.2, 0) is 15.1 Å². The number of rotatable bonds is 2. The van der Waals surface area contributed by atoms with Gasteiger partial charge in [-0.25, -0.2) is 4.79 Å². The predicted molar refractivity (Wildman–Crippen MR) is 84.4 cm³/mol. The molecule has 0 radical (unpaired) electrons. The number of carbonyl (C=O) groups excluding carboxylic acids is 1. The summed E-state index contributed by atoms with van der Waals surface area (Å²) in [5, 5.41) is 0. The lowest BCUT2D eigenvalue weighted by molar-refractivity contribution is -0.0390. The molecule has 2 aromatic rings. The van der Waals surface area contributed by atoms with E-state index in [1.807, 2.05) is 42.5 Å². The average molecular weight is 308 g/mol. The molecule has 0 aliphatic carbocycles. The van der Waals surface area contributed by atoms with Crippen LogP contribution in [0.3, 0.4) is 0 Å². The van der Waals surface area contributed by atoms with Gasteiger partial charge in [0.1, 0.15) is 24.1 Å². The van der Waals surface area contributed by atoms with Crippen molar-refractivity contribution in [2.24, 2.45) is 0 Å². The molecule has 0 N–H and O–H groups in total. The first-order valence-electron chi connectivity index (χ1n) is 7.50. The molecule has 2 aliphatic rings. The second-order valence-corrected chi connectivity index (χ2v) is 5.69. The smallest absolute Gasteiger partial charge is 0.337 e. The quantitative estimate of drug-likeness (QED) is 0.630. The highest BCUT2D eigenvalue weighted by Gasteiger charge is 2.45. The SMILES string of the molecule is COC(=O)c1ccc2c(c1)[C@]1(C=C[C@H](c3ccccc3)O1)CO2. The van der Waals surface area contributed by atoms with E-state index in [1.54, 1.807) is 18.2 Å². The summed E-state index contributed by atoms with van der Waals surface area (Å²) in [6.45, 7) is 0.410. The molecule has 4 nitrogen and oxygen atoms in total. The number of esters is 1. The van der Waals surface area contributed by atoms with Gasteiger partial charge in [-0.05, 0) is 29.8 Å². The van der Waals surface area contributed by atoms with Crippen molar-refractivity contribution in [3.05, 3.63) is 77.4 Å². The molecule has 2 atom stereocenters. The Labute approximate surface area is 134 Å². The second-order valence-electron chi connectivity index (χ2n) is 5.69. The molecule has 2 aromatic carbocycles. The number of hydrogen-bond donors (Lipinski definition) is 0. The van der Waals surface area contributed by atoms with Gasteiger partial charge in [-0.15, -0.1) is 0 Å². The monoisotopic (exact) mass is 308 g/mol. The van der Waals surface area contributed by atoms with Crippen LogP contribution in [0, 0.1) is 0 Å². The van der Waals surface area contributed by atoms with E-state index < -0.39 is 5.60 Å². The first kappa shape index (κ1) is 14.0. The third kappa shape index (κ3) is 2.23. The number of fused-ring (bicyclic) bond motifs is 2. The number of carbonyl (C=O) groups is 1. The van der Waals surface area contributed by atoms with Crippen LogP contribution < -0.4 is 4.74 Å². The van der Waals surface area contributed by atoms with Crippen LogP contribution in [-0.4, -0.2) is 19.7 Å². The molecule has 0 amide bonds. The van der Waals surface area contributed by atoms with Gasteiger partial charge in [0.2, 0.25) is 0 Å². The Morgan fingerprint density at radius 2 is 2.04 bits per heavy atom. The minimum atomic E-state index is -0.639. The Balaban J connectivity index is 1.69. The van der Waals surface area contributed by atoms with Gasteiger partial charge in [0, 0.05) is 5.56 Å². The Bertz CT molecular complexity index is 781. The van der Waals surface area contributed by atoms with Crippen molar-refractivity contribution >= 4 is 5.97 Å². The third-order valence-electron chi connectivity index (χ3n) is 4.30. The van der Waals surface area contributed by atoms with Gasteiger partial charge in [0.25, 0.3) is 0 Å². The van der Waals surface area contributed by atoms with Crippen molar-refractivity contribution in [2.45, 2.75) is 11.7 Å². The topological polar surface area (TPSA) is 44.8 Å². The first-order valence-corrected chi connectivity index (χ1v) is 7.50. The summed E-state index contributed by atoms with van der Waals surface area (Å²) in [6.07, 6.45) is 3.95. The van der Waals surface area contributed by atoms with Crippen LogP contribution in [0.15, 0.2) is 60.7 Å². The molecular weight excluding hydrogens is 292 g/mol. The third-order valence-corrected chi connectivity index (χ3v) is 4.30. The molecule has 4 rings (SSSR count). The summed E-state index contributed by atoms with van der Waals surface area (Å²) >= 11 is 0. The van der Waals surface area contributed by atoms with Gasteiger partial charge in [-0.1, -0.05) is 36.4 Å². The number of ether oxygens (including phenoxy) is 3. The molecule has 2 aliphatic heterocycles. The fourth-order valence-electron chi connectivity index (χ4n) is 3.10. The molecule has 0 unspecified atom stereocenters. The fraction of sp³-hybridized carbons (Fsp3) is 0.211. The maximum atomic E-state index is 11.8. The van der Waals surface area contributed by atoms with E-state index in [2.05, 4.69) is 0 Å². The largest absolute Gasteiger partial charge is 0.489 e. The zero-order valence-electron chi connectivity index (χ0n) is 12.7. The van der Waals surface area contributed by atoms with Crippen LogP contribution in [0.25, 0.3) is 0 Å². The summed E-state index contributed by atoms with van der Waals surface area (Å²) < 4.78 is 16.9. The molecule has 23 heavy (non-hydrogen) atoms. The van der Waals surface area contributed by atoms with Crippen molar-refractivity contribution in [2.75, 3.05) is 13.7 Å². The van der Waals surface area contributed by atoms with Crippen LogP contribution in [0.4, 0.5) is 0 Å². The molecule has 0 saturated heterocycles. The summed E-state index contributed by atoms with van der Waals surface area (Å²) in [5.41, 5.74) is 1.82. The molecule has 0 bridgehead atoms. The van der Waals surface area contributed by atoms with E-state index in [0.29, 0.717) is 12.2 Å². The number of hydrogen-bond acceptors (Lipinski definition) is 4. The van der Waals surface area contributed by atoms with Crippen LogP contribution >= 0.6 is 0 Å². The number of methoxy groups -OCH3 is 1. The molecule has 0 fully saturated rings. The predicted octanol–water partition coefficient (Wildman–Crippen LogP) is 3.39. The summed E-state index contributed by atoms with van der Waals surface area (Å²) in [6, 6.07) is 15.3.